The first kappa shape index (κ1) is 14.4. The van der Waals surface area contributed by atoms with Crippen LogP contribution in [0.3, 0.4) is 0 Å². The smallest absolute Gasteiger partial charge is 0.108 e. The zero-order valence-electron chi connectivity index (χ0n) is 11.3. The average Bonchev–Trinajstić information content (AvgIpc) is 3.08. The van der Waals surface area contributed by atoms with Gasteiger partial charge in [0.2, 0.25) is 0 Å². The number of nitrogens with one attached hydrogen (secondary N) is 1. The van der Waals surface area contributed by atoms with E-state index in [1.165, 1.54) is 12.8 Å². The minimum atomic E-state index is -0.0434. The zero-order valence-corrected chi connectivity index (χ0v) is 11.3. The number of methoxy groups -OCH3 is 1. The summed E-state index contributed by atoms with van der Waals surface area (Å²) in [5.41, 5.74) is 0. The van der Waals surface area contributed by atoms with E-state index in [-0.39, 0.29) is 6.04 Å². The van der Waals surface area contributed by atoms with Crippen molar-refractivity contribution in [3.05, 3.63) is 0 Å². The maximum atomic E-state index is 9.14. The Morgan fingerprint density at radius 1 is 1.41 bits per heavy atom. The average molecular weight is 239 g/mol. The summed E-state index contributed by atoms with van der Waals surface area (Å²) in [4.78, 5) is 2.32. The molecule has 1 atom stereocenters. The van der Waals surface area contributed by atoms with Gasteiger partial charge < -0.3 is 4.74 Å². The van der Waals surface area contributed by atoms with Gasteiger partial charge in [0, 0.05) is 32.8 Å². The Labute approximate surface area is 105 Å². The van der Waals surface area contributed by atoms with Gasteiger partial charge in [-0.15, -0.1) is 0 Å². The summed E-state index contributed by atoms with van der Waals surface area (Å²) in [7, 11) is 1.72. The first-order chi connectivity index (χ1) is 8.15. The van der Waals surface area contributed by atoms with Crippen molar-refractivity contribution in [2.75, 3.05) is 33.4 Å². The number of ether oxygens (including phenoxy) is 1. The molecule has 1 aliphatic rings. The monoisotopic (exact) mass is 239 g/mol. The van der Waals surface area contributed by atoms with Crippen LogP contribution in [-0.2, 0) is 4.74 Å². The van der Waals surface area contributed by atoms with Crippen molar-refractivity contribution >= 4 is 0 Å². The number of hydrogen-bond acceptors (Lipinski definition) is 4. The molecule has 0 aromatic carbocycles. The molecule has 0 aromatic heterocycles. The van der Waals surface area contributed by atoms with Crippen LogP contribution in [0.1, 0.15) is 26.7 Å². The van der Waals surface area contributed by atoms with Gasteiger partial charge in [-0.05, 0) is 18.8 Å². The molecule has 0 heterocycles. The number of rotatable bonds is 9. The van der Waals surface area contributed by atoms with E-state index in [2.05, 4.69) is 30.1 Å². The largest absolute Gasteiger partial charge is 0.383 e. The van der Waals surface area contributed by atoms with Crippen LogP contribution in [0.15, 0.2) is 0 Å². The predicted molar refractivity (Wildman–Crippen MR) is 68.7 cm³/mol. The molecule has 0 radical (unpaired) electrons. The Balaban J connectivity index is 2.35. The summed E-state index contributed by atoms with van der Waals surface area (Å²) in [6, 6.07) is 2.90. The van der Waals surface area contributed by atoms with Crippen molar-refractivity contribution in [3.63, 3.8) is 0 Å². The van der Waals surface area contributed by atoms with Gasteiger partial charge in [0.1, 0.15) is 6.04 Å². The molecule has 0 spiro atoms. The van der Waals surface area contributed by atoms with Crippen molar-refractivity contribution in [2.45, 2.75) is 38.8 Å². The molecule has 0 aliphatic heterocycles. The molecular weight excluding hydrogens is 214 g/mol. The summed E-state index contributed by atoms with van der Waals surface area (Å²) in [6.45, 7) is 7.86. The fraction of sp³-hybridized carbons (Fsp3) is 0.923. The molecule has 1 fully saturated rings. The standard InChI is InChI=1S/C13H25N3O/c1-11(2)9-16(6-7-17-3)10-13(8-14)15-12-4-5-12/h11-13,15H,4-7,9-10H2,1-3H3. The second-order valence-electron chi connectivity index (χ2n) is 5.27. The minimum Gasteiger partial charge on any atom is -0.383 e. The molecule has 98 valence electrons. The lowest BCUT2D eigenvalue weighted by Gasteiger charge is -2.26. The first-order valence-corrected chi connectivity index (χ1v) is 6.52. The summed E-state index contributed by atoms with van der Waals surface area (Å²) in [5, 5.41) is 12.5. The highest BCUT2D eigenvalue weighted by Gasteiger charge is 2.25. The van der Waals surface area contributed by atoms with Crippen LogP contribution in [0.5, 0.6) is 0 Å². The minimum absolute atomic E-state index is 0.0434. The normalized spacial score (nSPS) is 17.4. The van der Waals surface area contributed by atoms with Crippen LogP contribution in [0, 0.1) is 17.2 Å². The van der Waals surface area contributed by atoms with Crippen LogP contribution in [0.4, 0.5) is 0 Å². The van der Waals surface area contributed by atoms with Crippen LogP contribution >= 0.6 is 0 Å². The van der Waals surface area contributed by atoms with Crippen LogP contribution in [-0.4, -0.2) is 50.3 Å². The molecule has 0 aromatic rings. The van der Waals surface area contributed by atoms with E-state index >= 15 is 0 Å². The lowest BCUT2D eigenvalue weighted by molar-refractivity contribution is 0.136. The van der Waals surface area contributed by atoms with Crippen LogP contribution in [0.25, 0.3) is 0 Å². The molecule has 1 aliphatic carbocycles. The summed E-state index contributed by atoms with van der Waals surface area (Å²) < 4.78 is 5.12. The molecule has 1 N–H and O–H groups in total. The van der Waals surface area contributed by atoms with Crippen molar-refractivity contribution in [1.82, 2.24) is 10.2 Å². The highest BCUT2D eigenvalue weighted by Crippen LogP contribution is 2.19. The third kappa shape index (κ3) is 6.62. The van der Waals surface area contributed by atoms with Gasteiger partial charge in [-0.1, -0.05) is 13.8 Å². The summed E-state index contributed by atoms with van der Waals surface area (Å²) >= 11 is 0. The van der Waals surface area contributed by atoms with Gasteiger partial charge in [-0.3, -0.25) is 10.2 Å². The topological polar surface area (TPSA) is 48.3 Å². The van der Waals surface area contributed by atoms with E-state index in [1.54, 1.807) is 7.11 Å². The lowest BCUT2D eigenvalue weighted by Crippen LogP contribution is -2.43. The third-order valence-corrected chi connectivity index (χ3v) is 2.85. The fourth-order valence-corrected chi connectivity index (χ4v) is 1.92. The van der Waals surface area contributed by atoms with Crippen molar-refractivity contribution < 1.29 is 4.74 Å². The summed E-state index contributed by atoms with van der Waals surface area (Å²) in [5.74, 6) is 0.618. The van der Waals surface area contributed by atoms with Gasteiger partial charge >= 0.3 is 0 Å². The van der Waals surface area contributed by atoms with Crippen molar-refractivity contribution in [3.8, 4) is 6.07 Å². The van der Waals surface area contributed by atoms with Gasteiger partial charge in [-0.25, -0.2) is 0 Å². The third-order valence-electron chi connectivity index (χ3n) is 2.85. The highest BCUT2D eigenvalue weighted by molar-refractivity contribution is 4.97. The molecule has 0 amide bonds. The molecule has 1 unspecified atom stereocenters. The Morgan fingerprint density at radius 2 is 2.12 bits per heavy atom. The Kier molecular flexibility index (Phi) is 6.49. The Hall–Kier alpha value is -0.630. The van der Waals surface area contributed by atoms with E-state index in [0.29, 0.717) is 12.0 Å². The molecule has 0 saturated heterocycles. The van der Waals surface area contributed by atoms with Crippen LogP contribution < -0.4 is 5.32 Å². The SMILES string of the molecule is COCCN(CC(C)C)CC(C#N)NC1CC1. The second kappa shape index (κ2) is 7.65. The quantitative estimate of drug-likeness (QED) is 0.657. The van der Waals surface area contributed by atoms with Gasteiger partial charge in [0.05, 0.1) is 12.7 Å². The van der Waals surface area contributed by atoms with Gasteiger partial charge in [-0.2, -0.15) is 5.26 Å². The Morgan fingerprint density at radius 3 is 2.59 bits per heavy atom. The molecular formula is C13H25N3O. The first-order valence-electron chi connectivity index (χ1n) is 6.52. The number of nitrogens with zero attached hydrogens (tertiary/aromatic N) is 2. The second-order valence-corrected chi connectivity index (χ2v) is 5.27. The maximum Gasteiger partial charge on any atom is 0.108 e. The molecule has 4 nitrogen and oxygen atoms in total. The highest BCUT2D eigenvalue weighted by atomic mass is 16.5. The van der Waals surface area contributed by atoms with E-state index in [1.807, 2.05) is 0 Å². The van der Waals surface area contributed by atoms with Crippen molar-refractivity contribution in [1.29, 1.82) is 5.26 Å². The predicted octanol–water partition coefficient (Wildman–Crippen LogP) is 1.23. The molecule has 17 heavy (non-hydrogen) atoms. The lowest BCUT2D eigenvalue weighted by atomic mass is 10.2. The maximum absolute atomic E-state index is 9.14. The molecule has 0 bridgehead atoms. The van der Waals surface area contributed by atoms with Crippen LogP contribution in [0.2, 0.25) is 0 Å². The summed E-state index contributed by atoms with van der Waals surface area (Å²) in [6.07, 6.45) is 2.45. The zero-order chi connectivity index (χ0) is 12.7. The van der Waals surface area contributed by atoms with E-state index in [4.69, 9.17) is 10.00 Å². The van der Waals surface area contributed by atoms with E-state index in [9.17, 15) is 0 Å². The fourth-order valence-electron chi connectivity index (χ4n) is 1.92. The van der Waals surface area contributed by atoms with E-state index in [0.717, 1.165) is 26.2 Å². The van der Waals surface area contributed by atoms with Gasteiger partial charge in [0.25, 0.3) is 0 Å². The van der Waals surface area contributed by atoms with Crippen molar-refractivity contribution in [2.24, 2.45) is 5.92 Å². The number of nitriles is 1. The molecule has 1 saturated carbocycles. The van der Waals surface area contributed by atoms with Gasteiger partial charge in [0.15, 0.2) is 0 Å². The Bertz CT molecular complexity index is 246. The number of hydrogen-bond donors (Lipinski definition) is 1. The molecule has 1 rings (SSSR count). The molecule has 4 heteroatoms. The van der Waals surface area contributed by atoms with E-state index < -0.39 is 0 Å².